The third kappa shape index (κ3) is 4.46. The smallest absolute Gasteiger partial charge is 0.317 e. The normalized spacial score (nSPS) is 17.9. The highest BCUT2D eigenvalue weighted by atomic mass is 35.5. The van der Waals surface area contributed by atoms with E-state index in [4.69, 9.17) is 10.3 Å². The molecular weight excluding hydrogens is 224 g/mol. The van der Waals surface area contributed by atoms with E-state index < -0.39 is 5.97 Å². The van der Waals surface area contributed by atoms with Gasteiger partial charge in [-0.2, -0.15) is 0 Å². The predicted octanol–water partition coefficient (Wildman–Crippen LogP) is -0.290. The maximum absolute atomic E-state index is 11.0. The van der Waals surface area contributed by atoms with Crippen LogP contribution in [0.3, 0.4) is 0 Å². The predicted molar refractivity (Wildman–Crippen MR) is 54.0 cm³/mol. The maximum Gasteiger partial charge on any atom is 0.317 e. The number of aliphatic carboxylic acids is 1. The number of rotatable bonds is 3. The number of hydrogen-bond donors (Lipinski definition) is 3. The molecule has 88 valence electrons. The van der Waals surface area contributed by atoms with Crippen molar-refractivity contribution in [2.45, 2.75) is 12.8 Å². The summed E-state index contributed by atoms with van der Waals surface area (Å²) in [5.41, 5.74) is 1.62. The van der Waals surface area contributed by atoms with Gasteiger partial charge in [-0.25, -0.2) is 5.48 Å². The average molecular weight is 239 g/mol. The number of carboxylic acid groups (broad SMARTS) is 1. The molecule has 15 heavy (non-hydrogen) atoms. The SMILES string of the molecule is Cl.O=C(O)CN1CCC(C(=O)NO)CC1. The fraction of sp³-hybridized carbons (Fsp3) is 0.750. The largest absolute Gasteiger partial charge is 0.480 e. The van der Waals surface area contributed by atoms with Gasteiger partial charge in [0.1, 0.15) is 0 Å². The minimum atomic E-state index is -0.852. The number of amides is 1. The molecule has 0 aliphatic carbocycles. The van der Waals surface area contributed by atoms with Crippen molar-refractivity contribution in [3.05, 3.63) is 0 Å². The van der Waals surface area contributed by atoms with Crippen molar-refractivity contribution in [3.8, 4) is 0 Å². The monoisotopic (exact) mass is 238 g/mol. The van der Waals surface area contributed by atoms with E-state index in [-0.39, 0.29) is 30.8 Å². The lowest BCUT2D eigenvalue weighted by Crippen LogP contribution is -2.41. The van der Waals surface area contributed by atoms with Crippen molar-refractivity contribution >= 4 is 24.3 Å². The van der Waals surface area contributed by atoms with Crippen LogP contribution in [0.5, 0.6) is 0 Å². The molecule has 1 aliphatic heterocycles. The van der Waals surface area contributed by atoms with Gasteiger partial charge in [0.2, 0.25) is 5.91 Å². The summed E-state index contributed by atoms with van der Waals surface area (Å²) in [7, 11) is 0. The molecule has 1 aliphatic rings. The van der Waals surface area contributed by atoms with E-state index in [1.807, 2.05) is 0 Å². The van der Waals surface area contributed by atoms with Gasteiger partial charge in [-0.3, -0.25) is 19.7 Å². The summed E-state index contributed by atoms with van der Waals surface area (Å²) in [4.78, 5) is 23.2. The minimum absolute atomic E-state index is 0. The van der Waals surface area contributed by atoms with Crippen LogP contribution >= 0.6 is 12.4 Å². The summed E-state index contributed by atoms with van der Waals surface area (Å²) < 4.78 is 0. The highest BCUT2D eigenvalue weighted by Gasteiger charge is 2.25. The Bertz CT molecular complexity index is 229. The molecule has 0 aromatic rings. The highest BCUT2D eigenvalue weighted by Crippen LogP contribution is 2.16. The van der Waals surface area contributed by atoms with Crippen LogP contribution < -0.4 is 5.48 Å². The number of nitrogens with zero attached hydrogens (tertiary/aromatic N) is 1. The number of nitrogens with one attached hydrogen (secondary N) is 1. The van der Waals surface area contributed by atoms with Gasteiger partial charge in [0.05, 0.1) is 6.54 Å². The third-order valence-corrected chi connectivity index (χ3v) is 2.43. The molecule has 1 rings (SSSR count). The lowest BCUT2D eigenvalue weighted by atomic mass is 9.96. The van der Waals surface area contributed by atoms with Gasteiger partial charge >= 0.3 is 5.97 Å². The van der Waals surface area contributed by atoms with E-state index in [0.717, 1.165) is 0 Å². The van der Waals surface area contributed by atoms with E-state index in [9.17, 15) is 9.59 Å². The Kier molecular flexibility index (Phi) is 6.23. The van der Waals surface area contributed by atoms with Crippen LogP contribution in [0.1, 0.15) is 12.8 Å². The Morgan fingerprint density at radius 1 is 1.33 bits per heavy atom. The van der Waals surface area contributed by atoms with E-state index in [1.54, 1.807) is 10.4 Å². The lowest BCUT2D eigenvalue weighted by Gasteiger charge is -2.29. The summed E-state index contributed by atoms with van der Waals surface area (Å²) in [6.07, 6.45) is 1.19. The van der Waals surface area contributed by atoms with Crippen LogP contribution in [0.4, 0.5) is 0 Å². The van der Waals surface area contributed by atoms with Crippen LogP contribution in [0.2, 0.25) is 0 Å². The molecule has 6 nitrogen and oxygen atoms in total. The van der Waals surface area contributed by atoms with E-state index >= 15 is 0 Å². The van der Waals surface area contributed by atoms with Gasteiger partial charge in [-0.1, -0.05) is 0 Å². The van der Waals surface area contributed by atoms with Crippen molar-refractivity contribution < 1.29 is 19.9 Å². The van der Waals surface area contributed by atoms with E-state index in [0.29, 0.717) is 25.9 Å². The number of carbonyl (C=O) groups excluding carboxylic acids is 1. The second-order valence-electron chi connectivity index (χ2n) is 3.42. The van der Waals surface area contributed by atoms with Crippen LogP contribution in [0, 0.1) is 5.92 Å². The first-order valence-electron chi connectivity index (χ1n) is 4.51. The molecule has 0 unspecified atom stereocenters. The Morgan fingerprint density at radius 2 is 1.87 bits per heavy atom. The summed E-state index contributed by atoms with van der Waals surface area (Å²) >= 11 is 0. The van der Waals surface area contributed by atoms with Crippen molar-refractivity contribution in [2.24, 2.45) is 5.92 Å². The van der Waals surface area contributed by atoms with Crippen LogP contribution in [-0.2, 0) is 9.59 Å². The molecule has 1 heterocycles. The number of carbonyl (C=O) groups is 2. The third-order valence-electron chi connectivity index (χ3n) is 2.43. The number of carboxylic acids is 1. The molecule has 0 saturated carbocycles. The van der Waals surface area contributed by atoms with Gasteiger partial charge in [0.25, 0.3) is 0 Å². The van der Waals surface area contributed by atoms with E-state index in [2.05, 4.69) is 0 Å². The van der Waals surface area contributed by atoms with Gasteiger partial charge in [-0.15, -0.1) is 12.4 Å². The van der Waals surface area contributed by atoms with Gasteiger partial charge in [0.15, 0.2) is 0 Å². The standard InChI is InChI=1S/C8H14N2O4.ClH/c11-7(12)5-10-3-1-6(2-4-10)8(13)9-14;/h6,14H,1-5H2,(H,9,13)(H,11,12);1H. The molecule has 0 aromatic heterocycles. The molecule has 3 N–H and O–H groups in total. The fourth-order valence-corrected chi connectivity index (χ4v) is 1.64. The molecule has 0 radical (unpaired) electrons. The first kappa shape index (κ1) is 14.2. The van der Waals surface area contributed by atoms with Gasteiger partial charge in [0, 0.05) is 5.92 Å². The van der Waals surface area contributed by atoms with Crippen LogP contribution in [0.15, 0.2) is 0 Å². The molecule has 1 saturated heterocycles. The Labute approximate surface area is 93.6 Å². The second-order valence-corrected chi connectivity index (χ2v) is 3.42. The van der Waals surface area contributed by atoms with Crippen molar-refractivity contribution in [1.29, 1.82) is 0 Å². The zero-order valence-corrected chi connectivity index (χ0v) is 9.00. The van der Waals surface area contributed by atoms with Crippen LogP contribution in [0.25, 0.3) is 0 Å². The Balaban J connectivity index is 0.00000196. The van der Waals surface area contributed by atoms with Crippen LogP contribution in [-0.4, -0.2) is 46.7 Å². The number of piperidine rings is 1. The van der Waals surface area contributed by atoms with Gasteiger partial charge < -0.3 is 5.11 Å². The highest BCUT2D eigenvalue weighted by molar-refractivity contribution is 5.85. The first-order chi connectivity index (χ1) is 6.63. The quantitative estimate of drug-likeness (QED) is 0.464. The molecule has 7 heteroatoms. The minimum Gasteiger partial charge on any atom is -0.480 e. The fourth-order valence-electron chi connectivity index (χ4n) is 1.64. The molecule has 0 atom stereocenters. The van der Waals surface area contributed by atoms with Gasteiger partial charge in [-0.05, 0) is 25.9 Å². The number of halogens is 1. The van der Waals surface area contributed by atoms with Crippen molar-refractivity contribution in [3.63, 3.8) is 0 Å². The average Bonchev–Trinajstić information content (AvgIpc) is 2.17. The molecule has 1 amide bonds. The van der Waals surface area contributed by atoms with E-state index in [1.165, 1.54) is 0 Å². The van der Waals surface area contributed by atoms with Crippen molar-refractivity contribution in [1.82, 2.24) is 10.4 Å². The zero-order valence-electron chi connectivity index (χ0n) is 8.18. The molecule has 1 fully saturated rings. The topological polar surface area (TPSA) is 89.9 Å². The first-order valence-corrected chi connectivity index (χ1v) is 4.51. The number of hydrogen-bond acceptors (Lipinski definition) is 4. The number of likely N-dealkylation sites (tertiary alicyclic amines) is 1. The summed E-state index contributed by atoms with van der Waals surface area (Å²) in [6.45, 7) is 1.20. The molecule has 0 bridgehead atoms. The molecular formula is C8H15ClN2O4. The Hall–Kier alpha value is -0.850. The zero-order chi connectivity index (χ0) is 10.6. The maximum atomic E-state index is 11.0. The summed E-state index contributed by atoms with van der Waals surface area (Å²) in [5, 5.41) is 16.9. The summed E-state index contributed by atoms with van der Waals surface area (Å²) in [5.74, 6) is -1.42. The second kappa shape index (κ2) is 6.60. The Morgan fingerprint density at radius 3 is 2.27 bits per heavy atom. The molecule has 0 aromatic carbocycles. The van der Waals surface area contributed by atoms with Crippen molar-refractivity contribution in [2.75, 3.05) is 19.6 Å². The molecule has 0 spiro atoms. The number of hydroxylamine groups is 1. The summed E-state index contributed by atoms with van der Waals surface area (Å²) in [6, 6.07) is 0. The lowest BCUT2D eigenvalue weighted by molar-refractivity contribution is -0.139.